The highest BCUT2D eigenvalue weighted by molar-refractivity contribution is 5.98. The molecule has 220 valence electrons. The standard InChI is InChI=1S/C39H37N3O2/c1-28(2)25-38(44,35-22-21-29-23-31(37(43)40-3)20-19-30(29)24-35)36-26-42(27-41-36)39(32-13-7-4-8-14-32,33-15-9-5-10-16-33)34-17-11-6-12-18-34/h4-24,26-28,44H,25H2,1-3H3,(H,40,43). The lowest BCUT2D eigenvalue weighted by atomic mass is 9.76. The van der Waals surface area contributed by atoms with Gasteiger partial charge in [-0.2, -0.15) is 0 Å². The van der Waals surface area contributed by atoms with Gasteiger partial charge in [-0.05, 0) is 63.6 Å². The van der Waals surface area contributed by atoms with Gasteiger partial charge < -0.3 is 15.0 Å². The first-order valence-corrected chi connectivity index (χ1v) is 15.1. The van der Waals surface area contributed by atoms with Gasteiger partial charge in [-0.15, -0.1) is 0 Å². The van der Waals surface area contributed by atoms with E-state index in [0.717, 1.165) is 33.0 Å². The molecule has 5 nitrogen and oxygen atoms in total. The fourth-order valence-corrected chi connectivity index (χ4v) is 6.45. The number of imidazole rings is 1. The van der Waals surface area contributed by atoms with Crippen molar-refractivity contribution in [3.63, 3.8) is 0 Å². The largest absolute Gasteiger partial charge is 0.379 e. The summed E-state index contributed by atoms with van der Waals surface area (Å²) in [5, 5.41) is 17.2. The van der Waals surface area contributed by atoms with E-state index in [-0.39, 0.29) is 11.8 Å². The number of nitrogens with zero attached hydrogens (tertiary/aromatic N) is 2. The van der Waals surface area contributed by atoms with Crippen LogP contribution < -0.4 is 5.32 Å². The summed E-state index contributed by atoms with van der Waals surface area (Å²) in [6.07, 6.45) is 4.35. The van der Waals surface area contributed by atoms with Crippen LogP contribution in [0.1, 0.15) is 58.6 Å². The van der Waals surface area contributed by atoms with Crippen molar-refractivity contribution in [3.05, 3.63) is 173 Å². The number of carbonyl (C=O) groups is 1. The molecule has 0 radical (unpaired) electrons. The third-order valence-electron chi connectivity index (χ3n) is 8.48. The number of benzene rings is 5. The van der Waals surface area contributed by atoms with Gasteiger partial charge in [0.25, 0.3) is 5.91 Å². The third-order valence-corrected chi connectivity index (χ3v) is 8.48. The Hall–Kier alpha value is -5.00. The highest BCUT2D eigenvalue weighted by Crippen LogP contribution is 2.43. The van der Waals surface area contributed by atoms with E-state index in [9.17, 15) is 9.90 Å². The van der Waals surface area contributed by atoms with Crippen molar-refractivity contribution in [2.75, 3.05) is 7.05 Å². The zero-order valence-electron chi connectivity index (χ0n) is 25.3. The Morgan fingerprint density at radius 2 is 1.27 bits per heavy atom. The van der Waals surface area contributed by atoms with Crippen LogP contribution in [0.15, 0.2) is 140 Å². The van der Waals surface area contributed by atoms with Crippen molar-refractivity contribution in [2.24, 2.45) is 5.92 Å². The van der Waals surface area contributed by atoms with Crippen molar-refractivity contribution < 1.29 is 9.90 Å². The quantitative estimate of drug-likeness (QED) is 0.174. The molecule has 1 atom stereocenters. The van der Waals surface area contributed by atoms with E-state index in [4.69, 9.17) is 4.98 Å². The first-order chi connectivity index (χ1) is 21.4. The summed E-state index contributed by atoms with van der Waals surface area (Å²) in [5.74, 6) is 0.0650. The summed E-state index contributed by atoms with van der Waals surface area (Å²) < 4.78 is 2.14. The van der Waals surface area contributed by atoms with Crippen LogP contribution in [0.25, 0.3) is 10.8 Å². The zero-order valence-corrected chi connectivity index (χ0v) is 25.3. The lowest BCUT2D eigenvalue weighted by Gasteiger charge is -2.37. The molecular weight excluding hydrogens is 542 g/mol. The minimum Gasteiger partial charge on any atom is -0.379 e. The molecule has 44 heavy (non-hydrogen) atoms. The van der Waals surface area contributed by atoms with E-state index >= 15 is 0 Å². The topological polar surface area (TPSA) is 67.2 Å². The van der Waals surface area contributed by atoms with E-state index in [1.165, 1.54) is 0 Å². The molecule has 0 spiro atoms. The molecule has 1 heterocycles. The fourth-order valence-electron chi connectivity index (χ4n) is 6.45. The van der Waals surface area contributed by atoms with Crippen LogP contribution in [-0.2, 0) is 11.1 Å². The molecule has 0 bridgehead atoms. The summed E-state index contributed by atoms with van der Waals surface area (Å²) in [5.41, 5.74) is 3.14. The maximum Gasteiger partial charge on any atom is 0.251 e. The van der Waals surface area contributed by atoms with E-state index in [1.54, 1.807) is 7.05 Å². The van der Waals surface area contributed by atoms with E-state index in [1.807, 2.05) is 67.1 Å². The predicted molar refractivity (Wildman–Crippen MR) is 177 cm³/mol. The molecule has 1 amide bonds. The highest BCUT2D eigenvalue weighted by Gasteiger charge is 2.41. The van der Waals surface area contributed by atoms with Gasteiger partial charge in [0.15, 0.2) is 0 Å². The minimum absolute atomic E-state index is 0.128. The smallest absolute Gasteiger partial charge is 0.251 e. The molecule has 2 N–H and O–H groups in total. The maximum absolute atomic E-state index is 12.6. The molecule has 0 aliphatic heterocycles. The monoisotopic (exact) mass is 579 g/mol. The lowest BCUT2D eigenvalue weighted by molar-refractivity contribution is 0.0534. The van der Waals surface area contributed by atoms with Crippen LogP contribution >= 0.6 is 0 Å². The molecule has 0 fully saturated rings. The number of aromatic nitrogens is 2. The van der Waals surface area contributed by atoms with Gasteiger partial charge in [0, 0.05) is 18.8 Å². The number of hydrogen-bond donors (Lipinski definition) is 2. The molecule has 0 aliphatic rings. The van der Waals surface area contributed by atoms with E-state index < -0.39 is 11.1 Å². The van der Waals surface area contributed by atoms with Crippen molar-refractivity contribution in [1.29, 1.82) is 0 Å². The van der Waals surface area contributed by atoms with Gasteiger partial charge in [0.1, 0.15) is 11.1 Å². The lowest BCUT2D eigenvalue weighted by Crippen LogP contribution is -2.37. The van der Waals surface area contributed by atoms with Gasteiger partial charge in [0.05, 0.1) is 12.0 Å². The summed E-state index contributed by atoms with van der Waals surface area (Å²) in [4.78, 5) is 17.2. The van der Waals surface area contributed by atoms with Gasteiger partial charge in [-0.3, -0.25) is 4.79 Å². The Balaban J connectivity index is 1.55. The predicted octanol–water partition coefficient (Wildman–Crippen LogP) is 7.52. The molecule has 6 aromatic rings. The van der Waals surface area contributed by atoms with Gasteiger partial charge >= 0.3 is 0 Å². The maximum atomic E-state index is 12.6. The SMILES string of the molecule is CNC(=O)c1ccc2cc(C(O)(CC(C)C)c3cn(C(c4ccccc4)(c4ccccc4)c4ccccc4)cn3)ccc2c1. The average Bonchev–Trinajstić information content (AvgIpc) is 3.57. The molecule has 5 heteroatoms. The molecule has 1 aromatic heterocycles. The molecule has 6 rings (SSSR count). The molecular formula is C39H37N3O2. The second-order valence-electron chi connectivity index (χ2n) is 11.8. The fraction of sp³-hybridized carbons (Fsp3) is 0.179. The van der Waals surface area contributed by atoms with Crippen molar-refractivity contribution in [2.45, 2.75) is 31.4 Å². The summed E-state index contributed by atoms with van der Waals surface area (Å²) >= 11 is 0. The number of rotatable bonds is 9. The van der Waals surface area contributed by atoms with Crippen LogP contribution in [0.4, 0.5) is 0 Å². The number of amides is 1. The Labute approximate surface area is 258 Å². The molecule has 5 aromatic carbocycles. The average molecular weight is 580 g/mol. The van der Waals surface area contributed by atoms with Gasteiger partial charge in [-0.25, -0.2) is 4.98 Å². The Morgan fingerprint density at radius 1 is 0.750 bits per heavy atom. The van der Waals surface area contributed by atoms with Crippen molar-refractivity contribution in [3.8, 4) is 0 Å². The molecule has 1 unspecified atom stereocenters. The van der Waals surface area contributed by atoms with Crippen molar-refractivity contribution in [1.82, 2.24) is 14.9 Å². The summed E-state index contributed by atoms with van der Waals surface area (Å²) in [6, 6.07) is 42.9. The van der Waals surface area contributed by atoms with Crippen LogP contribution in [0.5, 0.6) is 0 Å². The minimum atomic E-state index is -1.34. The van der Waals surface area contributed by atoms with Crippen LogP contribution in [0.2, 0.25) is 0 Å². The molecule has 0 aliphatic carbocycles. The molecule has 0 saturated heterocycles. The van der Waals surface area contributed by atoms with Crippen LogP contribution in [0, 0.1) is 5.92 Å². The number of nitrogens with one attached hydrogen (secondary N) is 1. The number of hydrogen-bond acceptors (Lipinski definition) is 3. The first kappa shape index (κ1) is 29.1. The summed E-state index contributed by atoms with van der Waals surface area (Å²) in [6.45, 7) is 4.22. The third kappa shape index (κ3) is 5.10. The second kappa shape index (κ2) is 11.9. The van der Waals surface area contributed by atoms with Crippen molar-refractivity contribution >= 4 is 16.7 Å². The van der Waals surface area contributed by atoms with Gasteiger partial charge in [0.2, 0.25) is 0 Å². The van der Waals surface area contributed by atoms with E-state index in [2.05, 4.69) is 96.5 Å². The van der Waals surface area contributed by atoms with Crippen LogP contribution in [-0.4, -0.2) is 27.6 Å². The Kier molecular flexibility index (Phi) is 7.90. The second-order valence-corrected chi connectivity index (χ2v) is 11.8. The van der Waals surface area contributed by atoms with Crippen LogP contribution in [0.3, 0.4) is 0 Å². The molecule has 0 saturated carbocycles. The first-order valence-electron chi connectivity index (χ1n) is 15.1. The zero-order chi connectivity index (χ0) is 30.7. The normalized spacial score (nSPS) is 13.1. The van der Waals surface area contributed by atoms with Gasteiger partial charge in [-0.1, -0.05) is 123 Å². The number of carbonyl (C=O) groups excluding carboxylic acids is 1. The van der Waals surface area contributed by atoms with E-state index in [0.29, 0.717) is 17.7 Å². The highest BCUT2D eigenvalue weighted by atomic mass is 16.3. The Morgan fingerprint density at radius 3 is 1.80 bits per heavy atom. The number of aliphatic hydroxyl groups is 1. The number of fused-ring (bicyclic) bond motifs is 1. The summed E-state index contributed by atoms with van der Waals surface area (Å²) in [7, 11) is 1.63. The Bertz CT molecular complexity index is 1780.